The quantitative estimate of drug-likeness (QED) is 0.712. The SMILES string of the molecule is C[C@@H]1CC/C(=C(/NN2CC[C@@H]2C)N2C[C@H]3C[C@@H](C2)[C@@H]3CC(=O)O)C1=N. The van der Waals surface area contributed by atoms with E-state index in [1.165, 1.54) is 18.4 Å². The Morgan fingerprint density at radius 1 is 1.28 bits per heavy atom. The van der Waals surface area contributed by atoms with Crippen LogP contribution in [-0.4, -0.2) is 52.4 Å². The van der Waals surface area contributed by atoms with Gasteiger partial charge in [-0.3, -0.25) is 4.79 Å². The summed E-state index contributed by atoms with van der Waals surface area (Å²) in [5, 5.41) is 19.9. The van der Waals surface area contributed by atoms with Crippen molar-refractivity contribution >= 4 is 11.7 Å². The summed E-state index contributed by atoms with van der Waals surface area (Å²) in [7, 11) is 0. The lowest BCUT2D eigenvalue weighted by atomic mass is 9.60. The highest BCUT2D eigenvalue weighted by Crippen LogP contribution is 2.48. The molecular weight excluding hydrogens is 316 g/mol. The van der Waals surface area contributed by atoms with Gasteiger partial charge in [0.25, 0.3) is 0 Å². The zero-order valence-electron chi connectivity index (χ0n) is 15.3. The van der Waals surface area contributed by atoms with Crippen molar-refractivity contribution in [2.75, 3.05) is 19.6 Å². The first kappa shape index (κ1) is 16.9. The van der Waals surface area contributed by atoms with E-state index in [-0.39, 0.29) is 0 Å². The molecule has 25 heavy (non-hydrogen) atoms. The highest BCUT2D eigenvalue weighted by Gasteiger charge is 2.48. The molecule has 0 aromatic heterocycles. The highest BCUT2D eigenvalue weighted by molar-refractivity contribution is 6.01. The number of carbonyl (C=O) groups is 1. The van der Waals surface area contributed by atoms with Gasteiger partial charge in [-0.05, 0) is 56.3 Å². The third-order valence-corrected chi connectivity index (χ3v) is 6.95. The van der Waals surface area contributed by atoms with Crippen molar-refractivity contribution in [1.82, 2.24) is 15.3 Å². The Hall–Kier alpha value is -1.56. The Kier molecular flexibility index (Phi) is 4.26. The number of carboxylic acid groups (broad SMARTS) is 1. The number of hydrogen-bond donors (Lipinski definition) is 3. The molecular formula is C19H30N4O2. The summed E-state index contributed by atoms with van der Waals surface area (Å²) in [6.45, 7) is 7.31. The minimum Gasteiger partial charge on any atom is -0.481 e. The van der Waals surface area contributed by atoms with E-state index in [1.54, 1.807) is 0 Å². The van der Waals surface area contributed by atoms with E-state index in [0.29, 0.717) is 36.1 Å². The number of piperidine rings is 2. The molecule has 3 saturated heterocycles. The van der Waals surface area contributed by atoms with E-state index in [1.807, 2.05) is 0 Å². The van der Waals surface area contributed by atoms with Crippen LogP contribution in [0.15, 0.2) is 11.4 Å². The van der Waals surface area contributed by atoms with E-state index < -0.39 is 5.97 Å². The van der Waals surface area contributed by atoms with Gasteiger partial charge >= 0.3 is 5.97 Å². The Balaban J connectivity index is 1.53. The van der Waals surface area contributed by atoms with Crippen molar-refractivity contribution in [3.05, 3.63) is 11.4 Å². The molecule has 0 aromatic carbocycles. The van der Waals surface area contributed by atoms with E-state index in [9.17, 15) is 4.79 Å². The second kappa shape index (κ2) is 6.31. The number of nitrogens with zero attached hydrogens (tertiary/aromatic N) is 2. The third kappa shape index (κ3) is 2.94. The maximum absolute atomic E-state index is 11.1. The number of aliphatic carboxylic acids is 1. The summed E-state index contributed by atoms with van der Waals surface area (Å²) in [4.78, 5) is 13.5. The van der Waals surface area contributed by atoms with Crippen LogP contribution in [0.4, 0.5) is 0 Å². The summed E-state index contributed by atoms with van der Waals surface area (Å²) >= 11 is 0. The predicted molar refractivity (Wildman–Crippen MR) is 96.0 cm³/mol. The molecule has 0 aromatic rings. The smallest absolute Gasteiger partial charge is 0.303 e. The molecule has 5 fully saturated rings. The Morgan fingerprint density at radius 2 is 2.00 bits per heavy atom. The maximum Gasteiger partial charge on any atom is 0.303 e. The van der Waals surface area contributed by atoms with Crippen LogP contribution in [0, 0.1) is 29.1 Å². The van der Waals surface area contributed by atoms with Crippen molar-refractivity contribution in [1.29, 1.82) is 5.41 Å². The first-order chi connectivity index (χ1) is 11.9. The van der Waals surface area contributed by atoms with Crippen molar-refractivity contribution < 1.29 is 9.90 Å². The lowest BCUT2D eigenvalue weighted by Gasteiger charge is -2.55. The van der Waals surface area contributed by atoms with Gasteiger partial charge in [-0.25, -0.2) is 5.01 Å². The predicted octanol–water partition coefficient (Wildman–Crippen LogP) is 2.29. The fourth-order valence-corrected chi connectivity index (χ4v) is 5.04. The van der Waals surface area contributed by atoms with Gasteiger partial charge in [0.05, 0.1) is 0 Å². The molecule has 3 aliphatic heterocycles. The molecule has 2 bridgehead atoms. The molecule has 0 radical (unpaired) electrons. The molecule has 0 amide bonds. The van der Waals surface area contributed by atoms with Gasteiger partial charge in [0, 0.05) is 43.4 Å². The van der Waals surface area contributed by atoms with Gasteiger partial charge in [-0.15, -0.1) is 0 Å². The molecule has 5 aliphatic rings. The number of hydrazine groups is 1. The van der Waals surface area contributed by atoms with Crippen LogP contribution >= 0.6 is 0 Å². The standard InChI is InChI=1S/C19H30N4O2/c1-11-3-4-15(18(11)20)19(21-23-6-5-12(23)2)22-9-13-7-14(10-22)16(13)8-17(24)25/h11-14,16,20-21H,3-10H2,1-2H3,(H,24,25)/b19-15+,20-18?/t11-,12+,13-,14+,16-/m1/s1. The van der Waals surface area contributed by atoms with Gasteiger partial charge in [0.15, 0.2) is 0 Å². The number of nitrogens with one attached hydrogen (secondary N) is 2. The van der Waals surface area contributed by atoms with Crippen molar-refractivity contribution in [3.8, 4) is 0 Å². The summed E-state index contributed by atoms with van der Waals surface area (Å²) in [5.41, 5.74) is 5.62. The fraction of sp³-hybridized carbons (Fsp3) is 0.789. The molecule has 3 N–H and O–H groups in total. The average molecular weight is 346 g/mol. The minimum atomic E-state index is -0.661. The van der Waals surface area contributed by atoms with Crippen LogP contribution in [0.2, 0.25) is 0 Å². The summed E-state index contributed by atoms with van der Waals surface area (Å²) in [5.74, 6) is 2.17. The Bertz CT molecular complexity index is 605. The molecule has 6 nitrogen and oxygen atoms in total. The molecule has 2 aliphatic carbocycles. The summed E-state index contributed by atoms with van der Waals surface area (Å²) < 4.78 is 0. The molecule has 2 saturated carbocycles. The van der Waals surface area contributed by atoms with Gasteiger partial charge in [-0.1, -0.05) is 6.92 Å². The van der Waals surface area contributed by atoms with Crippen molar-refractivity contribution in [3.63, 3.8) is 0 Å². The minimum absolute atomic E-state index is 0.318. The van der Waals surface area contributed by atoms with Crippen LogP contribution in [0.1, 0.15) is 46.0 Å². The topological polar surface area (TPSA) is 79.7 Å². The van der Waals surface area contributed by atoms with Crippen LogP contribution in [0.3, 0.4) is 0 Å². The molecule has 6 heteroatoms. The van der Waals surface area contributed by atoms with Crippen LogP contribution in [0.25, 0.3) is 0 Å². The lowest BCUT2D eigenvalue weighted by Crippen LogP contribution is -2.60. The molecule has 5 rings (SSSR count). The fourth-order valence-electron chi connectivity index (χ4n) is 5.04. The summed E-state index contributed by atoms with van der Waals surface area (Å²) in [6, 6.07) is 0.544. The number of carboxylic acids is 1. The van der Waals surface area contributed by atoms with Crippen molar-refractivity contribution in [2.45, 2.75) is 52.0 Å². The van der Waals surface area contributed by atoms with E-state index in [4.69, 9.17) is 10.5 Å². The zero-order chi connectivity index (χ0) is 17.7. The molecule has 138 valence electrons. The maximum atomic E-state index is 11.1. The largest absolute Gasteiger partial charge is 0.481 e. The summed E-state index contributed by atoms with van der Waals surface area (Å²) in [6.07, 6.45) is 4.76. The third-order valence-electron chi connectivity index (χ3n) is 6.95. The molecule has 3 heterocycles. The van der Waals surface area contributed by atoms with E-state index in [0.717, 1.165) is 44.0 Å². The normalized spacial score (nSPS) is 39.7. The average Bonchev–Trinajstić information content (AvgIpc) is 2.91. The Labute approximate surface area is 149 Å². The number of allylic oxidation sites excluding steroid dienone is 1. The van der Waals surface area contributed by atoms with Gasteiger partial charge < -0.3 is 20.8 Å². The Morgan fingerprint density at radius 3 is 2.48 bits per heavy atom. The number of fused-ring (bicyclic) bond motifs is 2. The van der Waals surface area contributed by atoms with Gasteiger partial charge in [-0.2, -0.15) is 0 Å². The van der Waals surface area contributed by atoms with Crippen molar-refractivity contribution in [2.24, 2.45) is 23.7 Å². The van der Waals surface area contributed by atoms with Crippen LogP contribution < -0.4 is 5.43 Å². The first-order valence-corrected chi connectivity index (χ1v) is 9.76. The molecule has 0 unspecified atom stereocenters. The highest BCUT2D eigenvalue weighted by atomic mass is 16.4. The molecule has 5 atom stereocenters. The number of rotatable bonds is 5. The van der Waals surface area contributed by atoms with Crippen LogP contribution in [0.5, 0.6) is 0 Å². The zero-order valence-corrected chi connectivity index (χ0v) is 15.3. The number of hydrogen-bond acceptors (Lipinski definition) is 5. The lowest BCUT2D eigenvalue weighted by molar-refractivity contribution is -0.143. The monoisotopic (exact) mass is 346 g/mol. The van der Waals surface area contributed by atoms with Gasteiger partial charge in [0.1, 0.15) is 5.82 Å². The second-order valence-corrected chi connectivity index (χ2v) is 8.55. The molecule has 0 spiro atoms. The van der Waals surface area contributed by atoms with Gasteiger partial charge in [0.2, 0.25) is 0 Å². The van der Waals surface area contributed by atoms with Crippen LogP contribution in [-0.2, 0) is 4.79 Å². The second-order valence-electron chi connectivity index (χ2n) is 8.55. The van der Waals surface area contributed by atoms with E-state index >= 15 is 0 Å². The van der Waals surface area contributed by atoms with E-state index in [2.05, 4.69) is 29.2 Å². The first-order valence-electron chi connectivity index (χ1n) is 9.76.